The van der Waals surface area contributed by atoms with Crippen molar-refractivity contribution in [2.24, 2.45) is 0 Å². The van der Waals surface area contributed by atoms with Gasteiger partial charge in [-0.15, -0.1) is 0 Å². The Labute approximate surface area is 123 Å². The molecular weight excluding hydrogens is 281 g/mol. The van der Waals surface area contributed by atoms with Crippen LogP contribution in [0.3, 0.4) is 0 Å². The predicted molar refractivity (Wildman–Crippen MR) is 78.6 cm³/mol. The summed E-state index contributed by atoms with van der Waals surface area (Å²) in [7, 11) is 5.96. The minimum Gasteiger partial charge on any atom is -0.462 e. The molecule has 0 heterocycles. The first kappa shape index (κ1) is 21.5. The monoisotopic (exact) mass is 308 g/mol. The molecule has 0 fully saturated rings. The number of hydrogen-bond acceptors (Lipinski definition) is 5. The van der Waals surface area contributed by atoms with E-state index in [1.165, 1.54) is 0 Å². The lowest BCUT2D eigenvalue weighted by Gasteiger charge is -2.22. The average molecular weight is 308 g/mol. The smallest absolute Gasteiger partial charge is 0.333 e. The molecule has 0 aromatic heterocycles. The maximum absolute atomic E-state index is 10.7. The van der Waals surface area contributed by atoms with Crippen LogP contribution in [0.4, 0.5) is 0 Å². The third kappa shape index (κ3) is 19.5. The second kappa shape index (κ2) is 13.2. The number of hydrogen-bond donors (Lipinski definition) is 1. The zero-order valence-electron chi connectivity index (χ0n) is 12.9. The van der Waals surface area contributed by atoms with Gasteiger partial charge in [-0.1, -0.05) is 6.58 Å². The van der Waals surface area contributed by atoms with Gasteiger partial charge < -0.3 is 14.3 Å². The average Bonchev–Trinajstić information content (AvgIpc) is 2.34. The van der Waals surface area contributed by atoms with E-state index in [0.29, 0.717) is 31.6 Å². The molecule has 118 valence electrons. The third-order valence-electron chi connectivity index (χ3n) is 2.04. The number of carbonyl (C=O) groups is 1. The van der Waals surface area contributed by atoms with Gasteiger partial charge in [-0.05, 0) is 19.8 Å². The maximum atomic E-state index is 10.7. The minimum absolute atomic E-state index is 0.143. The lowest BCUT2D eigenvalue weighted by Crippen LogP contribution is -2.37. The number of esters is 1. The van der Waals surface area contributed by atoms with Crippen molar-refractivity contribution in [2.75, 3.05) is 47.5 Å². The fourth-order valence-electron chi connectivity index (χ4n) is 0.854. The van der Waals surface area contributed by atoms with Crippen molar-refractivity contribution in [3.05, 3.63) is 12.2 Å². The second-order valence-corrected chi connectivity index (χ2v) is 5.68. The highest BCUT2D eigenvalue weighted by Crippen LogP contribution is 1.96. The molecule has 0 aliphatic rings. The Hall–Kier alpha value is -0.810. The van der Waals surface area contributed by atoms with Gasteiger partial charge in [0.2, 0.25) is 0 Å². The van der Waals surface area contributed by atoms with Crippen LogP contribution in [0.1, 0.15) is 19.8 Å². The largest absolute Gasteiger partial charge is 0.462 e. The van der Waals surface area contributed by atoms with Crippen molar-refractivity contribution in [3.8, 4) is 0 Å². The summed E-state index contributed by atoms with van der Waals surface area (Å²) in [5.74, 6) is -0.358. The number of nitrogens with zero attached hydrogens (tertiary/aromatic N) is 1. The zero-order valence-corrected chi connectivity index (χ0v) is 13.8. The first-order chi connectivity index (χ1) is 9.24. The molecule has 0 atom stereocenters. The van der Waals surface area contributed by atoms with E-state index >= 15 is 0 Å². The number of carbonyl (C=O) groups excluding carboxylic acids is 1. The van der Waals surface area contributed by atoms with Gasteiger partial charge in [-0.25, -0.2) is 9.36 Å². The van der Waals surface area contributed by atoms with Crippen LogP contribution in [0.2, 0.25) is 0 Å². The molecule has 1 N–H and O–H groups in total. The summed E-state index contributed by atoms with van der Waals surface area (Å²) in [4.78, 5) is 10.7. The van der Waals surface area contributed by atoms with E-state index in [-0.39, 0.29) is 21.3 Å². The molecule has 0 bridgehead atoms. The third-order valence-corrected chi connectivity index (χ3v) is 2.33. The number of quaternary nitrogens is 1. The van der Waals surface area contributed by atoms with E-state index in [1.807, 2.05) is 0 Å². The van der Waals surface area contributed by atoms with Crippen LogP contribution in [0.5, 0.6) is 0 Å². The van der Waals surface area contributed by atoms with Crippen molar-refractivity contribution in [3.63, 3.8) is 0 Å². The van der Waals surface area contributed by atoms with E-state index in [9.17, 15) is 9.36 Å². The molecular formula is C13H27NO5P+. The van der Waals surface area contributed by atoms with Crippen molar-refractivity contribution in [1.29, 1.82) is 0 Å². The predicted octanol–water partition coefficient (Wildman–Crippen LogP) is 1.79. The van der Waals surface area contributed by atoms with Crippen LogP contribution >= 0.6 is 8.69 Å². The highest BCUT2D eigenvalue weighted by molar-refractivity contribution is 7.17. The standard InChI is InChI=1S/C8H14O3.C5H13NO2P/c1-7(2)8(10)11-6-4-3-5-9;1-6(2,3)4-5-8-9-7/h9H,1,3-6H2,2H3;4-5H2,1-3H3/q;+1. The van der Waals surface area contributed by atoms with Gasteiger partial charge in [0, 0.05) is 12.2 Å². The summed E-state index contributed by atoms with van der Waals surface area (Å²) in [6.45, 7) is 6.98. The normalized spacial score (nSPS) is 10.7. The summed E-state index contributed by atoms with van der Waals surface area (Å²) in [6.07, 6.45) is 1.37. The Bertz CT molecular complexity index is 289. The molecule has 0 spiro atoms. The fraction of sp³-hybridized carbons (Fsp3) is 0.769. The minimum atomic E-state index is -0.358. The lowest BCUT2D eigenvalue weighted by atomic mass is 10.3. The van der Waals surface area contributed by atoms with Gasteiger partial charge in [0.15, 0.2) is 0 Å². The van der Waals surface area contributed by atoms with Crippen LogP contribution in [0, 0.1) is 0 Å². The molecule has 20 heavy (non-hydrogen) atoms. The Morgan fingerprint density at radius 1 is 1.25 bits per heavy atom. The van der Waals surface area contributed by atoms with Gasteiger partial charge in [-0.2, -0.15) is 0 Å². The Morgan fingerprint density at radius 2 is 1.85 bits per heavy atom. The van der Waals surface area contributed by atoms with E-state index in [2.05, 4.69) is 32.2 Å². The van der Waals surface area contributed by atoms with Crippen molar-refractivity contribution >= 4 is 14.7 Å². The summed E-state index contributed by atoms with van der Waals surface area (Å²) in [5.41, 5.74) is 0.411. The Kier molecular flexibility index (Phi) is 14.2. The second-order valence-electron chi connectivity index (χ2n) is 5.27. The highest BCUT2D eigenvalue weighted by atomic mass is 31.1. The molecule has 0 rings (SSSR count). The number of likely N-dealkylation sites (N-methyl/N-ethyl adjacent to an activating group) is 1. The van der Waals surface area contributed by atoms with Gasteiger partial charge in [-0.3, -0.25) is 4.52 Å². The summed E-state index contributed by atoms with van der Waals surface area (Å²) >= 11 is 0. The molecule has 0 unspecified atom stereocenters. The number of unbranched alkanes of at least 4 members (excludes halogenated alkanes) is 1. The first-order valence-electron chi connectivity index (χ1n) is 6.43. The van der Waals surface area contributed by atoms with Crippen molar-refractivity contribution in [1.82, 2.24) is 0 Å². The molecule has 0 aromatic rings. The molecule has 0 radical (unpaired) electrons. The topological polar surface area (TPSA) is 72.8 Å². The molecule has 0 saturated carbocycles. The van der Waals surface area contributed by atoms with Crippen LogP contribution in [-0.2, 0) is 18.6 Å². The lowest BCUT2D eigenvalue weighted by molar-refractivity contribution is -0.870. The number of ether oxygens (including phenoxy) is 1. The van der Waals surface area contributed by atoms with Gasteiger partial charge in [0.05, 0.1) is 27.7 Å². The van der Waals surface area contributed by atoms with Crippen molar-refractivity contribution in [2.45, 2.75) is 19.8 Å². The van der Waals surface area contributed by atoms with E-state index in [4.69, 9.17) is 9.84 Å². The number of rotatable bonds is 9. The molecule has 0 aromatic carbocycles. The molecule has 7 heteroatoms. The van der Waals surface area contributed by atoms with E-state index < -0.39 is 0 Å². The molecule has 0 aliphatic carbocycles. The molecule has 6 nitrogen and oxygen atoms in total. The van der Waals surface area contributed by atoms with Crippen LogP contribution in [0.15, 0.2) is 12.2 Å². The quantitative estimate of drug-likeness (QED) is 0.231. The van der Waals surface area contributed by atoms with Crippen LogP contribution < -0.4 is 0 Å². The van der Waals surface area contributed by atoms with Gasteiger partial charge in [0.25, 0.3) is 0 Å². The summed E-state index contributed by atoms with van der Waals surface area (Å²) < 4.78 is 20.0. The summed E-state index contributed by atoms with van der Waals surface area (Å²) in [6, 6.07) is 0. The molecule has 0 aliphatic heterocycles. The number of aliphatic hydroxyl groups excluding tert-OH is 1. The Morgan fingerprint density at radius 3 is 2.25 bits per heavy atom. The highest BCUT2D eigenvalue weighted by Gasteiger charge is 2.04. The summed E-state index contributed by atoms with van der Waals surface area (Å²) in [5, 5.41) is 8.38. The maximum Gasteiger partial charge on any atom is 0.333 e. The van der Waals surface area contributed by atoms with Crippen LogP contribution in [0.25, 0.3) is 0 Å². The molecule has 0 saturated heterocycles. The first-order valence-corrected chi connectivity index (χ1v) is 7.16. The van der Waals surface area contributed by atoms with E-state index in [0.717, 1.165) is 11.0 Å². The zero-order chi connectivity index (χ0) is 16.0. The molecule has 0 amide bonds. The van der Waals surface area contributed by atoms with Crippen LogP contribution in [-0.4, -0.2) is 63.1 Å². The Balaban J connectivity index is 0. The van der Waals surface area contributed by atoms with Crippen molar-refractivity contribution < 1.29 is 28.2 Å². The van der Waals surface area contributed by atoms with E-state index in [1.54, 1.807) is 6.92 Å². The van der Waals surface area contributed by atoms with Gasteiger partial charge >= 0.3 is 14.7 Å². The SMILES string of the molecule is C=C(C)C(=O)OCCCCO.C[N+](C)(C)CCOP=O. The number of aliphatic hydroxyl groups is 1. The fourth-order valence-corrected chi connectivity index (χ4v) is 1.01. The van der Waals surface area contributed by atoms with Gasteiger partial charge in [0.1, 0.15) is 13.2 Å².